The van der Waals surface area contributed by atoms with Gasteiger partial charge in [-0.2, -0.15) is 0 Å². The van der Waals surface area contributed by atoms with Crippen LogP contribution in [0.25, 0.3) is 0 Å². The second kappa shape index (κ2) is 9.94. The lowest BCUT2D eigenvalue weighted by Crippen LogP contribution is -2.45. The Bertz CT molecular complexity index is 944. The third-order valence-electron chi connectivity index (χ3n) is 6.33. The molecule has 2 aromatic rings. The van der Waals surface area contributed by atoms with Crippen molar-refractivity contribution in [1.82, 2.24) is 14.8 Å². The highest BCUT2D eigenvalue weighted by atomic mass is 16.5. The van der Waals surface area contributed by atoms with E-state index in [0.29, 0.717) is 18.8 Å². The number of carbonyl (C=O) groups excluding carboxylic acids is 3. The van der Waals surface area contributed by atoms with Crippen LogP contribution >= 0.6 is 0 Å². The van der Waals surface area contributed by atoms with Crippen LogP contribution in [0.1, 0.15) is 44.1 Å². The van der Waals surface area contributed by atoms with Gasteiger partial charge in [0.15, 0.2) is 0 Å². The van der Waals surface area contributed by atoms with E-state index in [2.05, 4.69) is 4.98 Å². The normalized spacial score (nSPS) is 21.1. The van der Waals surface area contributed by atoms with Gasteiger partial charge in [-0.25, -0.2) is 0 Å². The number of rotatable bonds is 8. The van der Waals surface area contributed by atoms with Crippen LogP contribution in [-0.4, -0.2) is 58.7 Å². The molecule has 2 fully saturated rings. The molecular weight excluding hydrogens is 406 g/mol. The highest BCUT2D eigenvalue weighted by Gasteiger charge is 2.53. The van der Waals surface area contributed by atoms with Crippen LogP contribution in [0.5, 0.6) is 5.75 Å². The van der Waals surface area contributed by atoms with E-state index in [-0.39, 0.29) is 37.1 Å². The molecule has 2 saturated heterocycles. The molecule has 0 saturated carbocycles. The van der Waals surface area contributed by atoms with Crippen LogP contribution in [0.15, 0.2) is 54.9 Å². The molecule has 2 aliphatic heterocycles. The zero-order chi connectivity index (χ0) is 22.4. The number of ether oxygens (including phenoxy) is 1. The fraction of sp³-hybridized carbons (Fsp3) is 0.440. The number of pyridine rings is 1. The van der Waals surface area contributed by atoms with Gasteiger partial charge >= 0.3 is 0 Å². The van der Waals surface area contributed by atoms with Crippen LogP contribution < -0.4 is 4.74 Å². The Morgan fingerprint density at radius 3 is 2.53 bits per heavy atom. The molecule has 4 rings (SSSR count). The number of hydrogen-bond donors (Lipinski definition) is 0. The lowest BCUT2D eigenvalue weighted by atomic mass is 9.75. The summed E-state index contributed by atoms with van der Waals surface area (Å²) in [6, 6.07) is 12.9. The number of nitrogens with zero attached hydrogens (tertiary/aromatic N) is 3. The van der Waals surface area contributed by atoms with E-state index < -0.39 is 5.41 Å². The Morgan fingerprint density at radius 2 is 1.81 bits per heavy atom. The molecule has 1 atom stereocenters. The number of carbonyl (C=O) groups is 3. The second-order valence-electron chi connectivity index (χ2n) is 8.48. The van der Waals surface area contributed by atoms with E-state index in [0.717, 1.165) is 37.9 Å². The molecule has 7 nitrogen and oxygen atoms in total. The minimum absolute atomic E-state index is 0.0267. The van der Waals surface area contributed by atoms with Gasteiger partial charge in [0.2, 0.25) is 17.7 Å². The van der Waals surface area contributed by atoms with E-state index in [4.69, 9.17) is 4.74 Å². The average molecular weight is 436 g/mol. The molecule has 1 aromatic heterocycles. The zero-order valence-corrected chi connectivity index (χ0v) is 18.2. The van der Waals surface area contributed by atoms with Crippen molar-refractivity contribution < 1.29 is 19.1 Å². The summed E-state index contributed by atoms with van der Waals surface area (Å²) >= 11 is 0. The number of benzene rings is 1. The predicted octanol–water partition coefficient (Wildman–Crippen LogP) is 2.95. The molecule has 0 spiro atoms. The van der Waals surface area contributed by atoms with Crippen molar-refractivity contribution in [1.29, 1.82) is 0 Å². The van der Waals surface area contributed by atoms with Crippen molar-refractivity contribution in [2.45, 2.75) is 43.9 Å². The van der Waals surface area contributed by atoms with E-state index in [1.807, 2.05) is 41.3 Å². The van der Waals surface area contributed by atoms with Crippen molar-refractivity contribution in [3.05, 3.63) is 60.4 Å². The molecule has 1 aromatic carbocycles. The summed E-state index contributed by atoms with van der Waals surface area (Å²) in [5, 5.41) is 0. The summed E-state index contributed by atoms with van der Waals surface area (Å²) in [5.41, 5.74) is -0.394. The number of aromatic nitrogens is 1. The molecule has 0 bridgehead atoms. The topological polar surface area (TPSA) is 79.8 Å². The zero-order valence-electron chi connectivity index (χ0n) is 18.2. The maximum Gasteiger partial charge on any atom is 0.240 e. The SMILES string of the molecule is O=C(C[C@@]1(c2ccccc2)CC(=O)N(CCCOc2cccnc2)C1=O)N1CCCCC1. The van der Waals surface area contributed by atoms with Gasteiger partial charge in [0.05, 0.1) is 18.2 Å². The lowest BCUT2D eigenvalue weighted by molar-refractivity contribution is -0.143. The molecule has 0 N–H and O–H groups in total. The Balaban J connectivity index is 1.47. The van der Waals surface area contributed by atoms with Gasteiger partial charge in [0, 0.05) is 38.7 Å². The Morgan fingerprint density at radius 1 is 1.03 bits per heavy atom. The molecule has 0 aliphatic carbocycles. The van der Waals surface area contributed by atoms with Crippen molar-refractivity contribution in [2.75, 3.05) is 26.2 Å². The molecule has 168 valence electrons. The van der Waals surface area contributed by atoms with Crippen molar-refractivity contribution in [3.8, 4) is 5.75 Å². The first-order valence-electron chi connectivity index (χ1n) is 11.3. The average Bonchev–Trinajstić information content (AvgIpc) is 3.08. The van der Waals surface area contributed by atoms with Crippen molar-refractivity contribution in [3.63, 3.8) is 0 Å². The van der Waals surface area contributed by atoms with Crippen LogP contribution in [0.3, 0.4) is 0 Å². The quantitative estimate of drug-likeness (QED) is 0.471. The van der Waals surface area contributed by atoms with Crippen LogP contribution in [0.4, 0.5) is 0 Å². The summed E-state index contributed by atoms with van der Waals surface area (Å²) < 4.78 is 5.64. The van der Waals surface area contributed by atoms with Gasteiger partial charge in [-0.3, -0.25) is 24.3 Å². The summed E-state index contributed by atoms with van der Waals surface area (Å²) in [4.78, 5) is 46.8. The van der Waals surface area contributed by atoms with Crippen LogP contribution in [0, 0.1) is 0 Å². The van der Waals surface area contributed by atoms with Gasteiger partial charge in [-0.1, -0.05) is 30.3 Å². The Hall–Kier alpha value is -3.22. The largest absolute Gasteiger partial charge is 0.492 e. The van der Waals surface area contributed by atoms with E-state index in [1.165, 1.54) is 4.90 Å². The third kappa shape index (κ3) is 4.66. The molecular formula is C25H29N3O4. The maximum absolute atomic E-state index is 13.6. The fourth-order valence-corrected chi connectivity index (χ4v) is 4.61. The maximum atomic E-state index is 13.6. The molecule has 0 unspecified atom stereocenters. The summed E-state index contributed by atoms with van der Waals surface area (Å²) in [7, 11) is 0. The second-order valence-corrected chi connectivity index (χ2v) is 8.48. The molecule has 0 radical (unpaired) electrons. The van der Waals surface area contributed by atoms with Gasteiger partial charge in [-0.05, 0) is 43.4 Å². The standard InChI is InChI=1S/C25H29N3O4/c29-22(27-13-5-2-6-14-27)17-25(20-9-3-1-4-10-20)18-23(30)28(24(25)31)15-8-16-32-21-11-7-12-26-19-21/h1,3-4,7,9-12,19H,2,5-6,8,13-18H2/t25-/m0/s1. The minimum Gasteiger partial charge on any atom is -0.492 e. The molecule has 3 heterocycles. The predicted molar refractivity (Wildman–Crippen MR) is 119 cm³/mol. The number of imide groups is 1. The highest BCUT2D eigenvalue weighted by Crippen LogP contribution is 2.40. The Labute approximate surface area is 188 Å². The first-order chi connectivity index (χ1) is 15.6. The lowest BCUT2D eigenvalue weighted by Gasteiger charge is -2.32. The monoisotopic (exact) mass is 435 g/mol. The van der Waals surface area contributed by atoms with Gasteiger partial charge in [0.25, 0.3) is 0 Å². The summed E-state index contributed by atoms with van der Waals surface area (Å²) in [6.45, 7) is 2.08. The van der Waals surface area contributed by atoms with Gasteiger partial charge < -0.3 is 9.64 Å². The van der Waals surface area contributed by atoms with Crippen LogP contribution in [-0.2, 0) is 19.8 Å². The van der Waals surface area contributed by atoms with Crippen LogP contribution in [0.2, 0.25) is 0 Å². The first-order valence-corrected chi connectivity index (χ1v) is 11.3. The van der Waals surface area contributed by atoms with E-state index in [9.17, 15) is 14.4 Å². The highest BCUT2D eigenvalue weighted by molar-refractivity contribution is 6.10. The van der Waals surface area contributed by atoms with Gasteiger partial charge in [0.1, 0.15) is 5.75 Å². The molecule has 3 amide bonds. The third-order valence-corrected chi connectivity index (χ3v) is 6.33. The molecule has 7 heteroatoms. The van der Waals surface area contributed by atoms with Crippen molar-refractivity contribution in [2.24, 2.45) is 0 Å². The Kier molecular flexibility index (Phi) is 6.83. The smallest absolute Gasteiger partial charge is 0.240 e. The fourth-order valence-electron chi connectivity index (χ4n) is 4.61. The number of amides is 3. The minimum atomic E-state index is -1.13. The first kappa shape index (κ1) is 22.0. The van der Waals surface area contributed by atoms with E-state index >= 15 is 0 Å². The summed E-state index contributed by atoms with van der Waals surface area (Å²) in [6.07, 6.45) is 6.96. The molecule has 2 aliphatic rings. The number of piperidine rings is 1. The summed E-state index contributed by atoms with van der Waals surface area (Å²) in [5.74, 6) is 0.0981. The van der Waals surface area contributed by atoms with E-state index in [1.54, 1.807) is 18.5 Å². The van der Waals surface area contributed by atoms with Gasteiger partial charge in [-0.15, -0.1) is 0 Å². The molecule has 32 heavy (non-hydrogen) atoms. The number of likely N-dealkylation sites (tertiary alicyclic amines) is 2. The van der Waals surface area contributed by atoms with Crippen molar-refractivity contribution >= 4 is 17.7 Å². The number of hydrogen-bond acceptors (Lipinski definition) is 5.